The summed E-state index contributed by atoms with van der Waals surface area (Å²) in [6.45, 7) is 2.59. The first-order valence-corrected chi connectivity index (χ1v) is 10.0. The van der Waals surface area contributed by atoms with Crippen LogP contribution in [0.1, 0.15) is 12.0 Å². The first-order valence-electron chi connectivity index (χ1n) is 8.39. The highest BCUT2D eigenvalue weighted by atomic mass is 127. The first kappa shape index (κ1) is 21.0. The molecule has 26 heavy (non-hydrogen) atoms. The van der Waals surface area contributed by atoms with Gasteiger partial charge in [-0.25, -0.2) is 12.7 Å². The van der Waals surface area contributed by atoms with Crippen LogP contribution in [0.5, 0.6) is 11.5 Å². The highest BCUT2D eigenvalue weighted by Gasteiger charge is 2.27. The van der Waals surface area contributed by atoms with Gasteiger partial charge in [-0.1, -0.05) is 6.07 Å². The van der Waals surface area contributed by atoms with Crippen molar-refractivity contribution in [3.05, 3.63) is 23.8 Å². The number of rotatable bonds is 6. The van der Waals surface area contributed by atoms with Gasteiger partial charge in [0.25, 0.3) is 0 Å². The van der Waals surface area contributed by atoms with Crippen LogP contribution in [0.25, 0.3) is 0 Å². The molecule has 0 saturated carbocycles. The van der Waals surface area contributed by atoms with E-state index in [1.807, 2.05) is 18.2 Å². The number of halogens is 1. The van der Waals surface area contributed by atoms with Crippen LogP contribution in [0.15, 0.2) is 23.2 Å². The van der Waals surface area contributed by atoms with Crippen LogP contribution in [0, 0.1) is 0 Å². The maximum atomic E-state index is 11.7. The van der Waals surface area contributed by atoms with E-state index in [0.717, 1.165) is 23.5 Å². The second kappa shape index (κ2) is 9.60. The van der Waals surface area contributed by atoms with Gasteiger partial charge >= 0.3 is 0 Å². The molecule has 0 bridgehead atoms. The van der Waals surface area contributed by atoms with Crippen molar-refractivity contribution in [3.63, 3.8) is 0 Å². The molecule has 146 valence electrons. The van der Waals surface area contributed by atoms with Crippen molar-refractivity contribution in [2.75, 3.05) is 45.8 Å². The number of nitrogens with one attached hydrogen (secondary N) is 2. The van der Waals surface area contributed by atoms with Gasteiger partial charge in [0.15, 0.2) is 17.5 Å². The van der Waals surface area contributed by atoms with Crippen molar-refractivity contribution >= 4 is 40.0 Å². The number of hydrogen-bond donors (Lipinski definition) is 2. The molecule has 3 rings (SSSR count). The van der Waals surface area contributed by atoms with E-state index < -0.39 is 10.0 Å². The van der Waals surface area contributed by atoms with E-state index >= 15 is 0 Å². The van der Waals surface area contributed by atoms with Crippen LogP contribution in [0.3, 0.4) is 0 Å². The molecular weight excluding hydrogens is 471 g/mol. The van der Waals surface area contributed by atoms with Gasteiger partial charge in [0.1, 0.15) is 0 Å². The molecule has 8 nitrogen and oxygen atoms in total. The molecule has 0 radical (unpaired) electrons. The monoisotopic (exact) mass is 496 g/mol. The highest BCUT2D eigenvalue weighted by Crippen LogP contribution is 2.32. The average molecular weight is 496 g/mol. The van der Waals surface area contributed by atoms with Crippen molar-refractivity contribution in [1.82, 2.24) is 14.9 Å². The average Bonchev–Trinajstić information content (AvgIpc) is 3.19. The van der Waals surface area contributed by atoms with E-state index in [9.17, 15) is 8.42 Å². The summed E-state index contributed by atoms with van der Waals surface area (Å²) < 4.78 is 35.7. The molecule has 0 amide bonds. The fourth-order valence-electron chi connectivity index (χ4n) is 2.88. The molecule has 2 heterocycles. The molecule has 2 aliphatic heterocycles. The number of aliphatic imine (C=N–C) groups is 1. The van der Waals surface area contributed by atoms with Crippen LogP contribution in [-0.4, -0.2) is 64.5 Å². The number of guanidine groups is 1. The molecule has 1 aromatic rings. The van der Waals surface area contributed by atoms with Gasteiger partial charge in [-0.05, 0) is 30.5 Å². The van der Waals surface area contributed by atoms with E-state index in [1.54, 1.807) is 7.05 Å². The molecule has 2 N–H and O–H groups in total. The highest BCUT2D eigenvalue weighted by molar-refractivity contribution is 14.0. The lowest BCUT2D eigenvalue weighted by molar-refractivity contribution is 0.174. The van der Waals surface area contributed by atoms with Gasteiger partial charge in [0.05, 0.1) is 5.75 Å². The van der Waals surface area contributed by atoms with Crippen LogP contribution in [0.2, 0.25) is 0 Å². The third kappa shape index (κ3) is 5.36. The third-order valence-electron chi connectivity index (χ3n) is 4.22. The predicted molar refractivity (Wildman–Crippen MR) is 111 cm³/mol. The lowest BCUT2D eigenvalue weighted by Crippen LogP contribution is -2.42. The molecule has 0 aliphatic carbocycles. The normalized spacial score (nSPS) is 18.4. The summed E-state index contributed by atoms with van der Waals surface area (Å²) in [5, 5.41) is 6.38. The van der Waals surface area contributed by atoms with Gasteiger partial charge in [0.2, 0.25) is 16.8 Å². The zero-order valence-electron chi connectivity index (χ0n) is 14.7. The molecule has 0 aromatic heterocycles. The summed E-state index contributed by atoms with van der Waals surface area (Å²) in [7, 11) is -1.34. The Balaban J connectivity index is 0.00000243. The lowest BCUT2D eigenvalue weighted by atomic mass is 10.1. The summed E-state index contributed by atoms with van der Waals surface area (Å²) in [5.74, 6) is 2.49. The summed E-state index contributed by atoms with van der Waals surface area (Å²) in [4.78, 5) is 4.16. The third-order valence-corrected chi connectivity index (χ3v) is 6.18. The van der Waals surface area contributed by atoms with Crippen LogP contribution < -0.4 is 20.1 Å². The zero-order valence-corrected chi connectivity index (χ0v) is 17.9. The number of nitrogens with zero attached hydrogens (tertiary/aromatic N) is 2. The van der Waals surface area contributed by atoms with Crippen molar-refractivity contribution in [1.29, 1.82) is 0 Å². The minimum absolute atomic E-state index is 0. The number of benzene rings is 1. The second-order valence-electron chi connectivity index (χ2n) is 5.93. The van der Waals surface area contributed by atoms with Gasteiger partial charge in [0, 0.05) is 33.2 Å². The maximum absolute atomic E-state index is 11.7. The lowest BCUT2D eigenvalue weighted by Gasteiger charge is -2.16. The fourth-order valence-corrected chi connectivity index (χ4v) is 4.41. The summed E-state index contributed by atoms with van der Waals surface area (Å²) in [5.41, 5.74) is 1.15. The Kier molecular flexibility index (Phi) is 7.77. The fraction of sp³-hybridized carbons (Fsp3) is 0.562. The molecule has 0 unspecified atom stereocenters. The van der Waals surface area contributed by atoms with Crippen molar-refractivity contribution in [3.8, 4) is 11.5 Å². The van der Waals surface area contributed by atoms with Crippen LogP contribution >= 0.6 is 24.0 Å². The molecule has 0 atom stereocenters. The topological polar surface area (TPSA) is 92.3 Å². The summed E-state index contributed by atoms with van der Waals surface area (Å²) >= 11 is 0. The van der Waals surface area contributed by atoms with E-state index in [0.29, 0.717) is 38.6 Å². The molecule has 0 spiro atoms. The Hall–Kier alpha value is -1.27. The SMILES string of the molecule is CN=C(NCCc1ccc2c(c1)OCO2)NCCN1CCCS1(=O)=O.I. The Bertz CT molecular complexity index is 742. The standard InChI is InChI=1S/C16H24N4O4S.HI/c1-17-16(19-7-9-20-8-2-10-25(20,21)22)18-6-5-13-3-4-14-15(11-13)24-12-23-14;/h3-4,11H,2,5-10,12H2,1H3,(H2,17,18,19);1H. The van der Waals surface area contributed by atoms with E-state index in [2.05, 4.69) is 15.6 Å². The zero-order chi connectivity index (χ0) is 17.7. The quantitative estimate of drug-likeness (QED) is 0.344. The summed E-state index contributed by atoms with van der Waals surface area (Å²) in [6.07, 6.45) is 1.53. The van der Waals surface area contributed by atoms with Gasteiger partial charge < -0.3 is 20.1 Å². The smallest absolute Gasteiger partial charge is 0.231 e. The Labute approximate surface area is 171 Å². The number of ether oxygens (including phenoxy) is 2. The van der Waals surface area contributed by atoms with Crippen molar-refractivity contribution in [2.24, 2.45) is 4.99 Å². The number of hydrogen-bond acceptors (Lipinski definition) is 5. The molecule has 1 aromatic carbocycles. The van der Waals surface area contributed by atoms with Gasteiger partial charge in [-0.3, -0.25) is 4.99 Å². The van der Waals surface area contributed by atoms with Gasteiger partial charge in [-0.15, -0.1) is 24.0 Å². The van der Waals surface area contributed by atoms with Crippen LogP contribution in [0.4, 0.5) is 0 Å². The Morgan fingerprint density at radius 3 is 2.73 bits per heavy atom. The molecule has 1 saturated heterocycles. The Morgan fingerprint density at radius 1 is 1.23 bits per heavy atom. The molecule has 2 aliphatic rings. The second-order valence-corrected chi connectivity index (χ2v) is 8.02. The minimum atomic E-state index is -3.04. The largest absolute Gasteiger partial charge is 0.454 e. The minimum Gasteiger partial charge on any atom is -0.454 e. The maximum Gasteiger partial charge on any atom is 0.231 e. The van der Waals surface area contributed by atoms with E-state index in [-0.39, 0.29) is 36.5 Å². The van der Waals surface area contributed by atoms with Gasteiger partial charge in [-0.2, -0.15) is 0 Å². The van der Waals surface area contributed by atoms with Crippen molar-refractivity contribution < 1.29 is 17.9 Å². The van der Waals surface area contributed by atoms with Crippen molar-refractivity contribution in [2.45, 2.75) is 12.8 Å². The molecular formula is C16H25IN4O4S. The predicted octanol–water partition coefficient (Wildman–Crippen LogP) is 0.776. The molecule has 1 fully saturated rings. The number of sulfonamides is 1. The van der Waals surface area contributed by atoms with E-state index in [1.165, 1.54) is 4.31 Å². The Morgan fingerprint density at radius 2 is 2.00 bits per heavy atom. The van der Waals surface area contributed by atoms with Crippen LogP contribution in [-0.2, 0) is 16.4 Å². The summed E-state index contributed by atoms with van der Waals surface area (Å²) in [6, 6.07) is 5.92. The number of fused-ring (bicyclic) bond motifs is 1. The first-order chi connectivity index (χ1) is 12.1. The molecule has 10 heteroatoms. The van der Waals surface area contributed by atoms with E-state index in [4.69, 9.17) is 9.47 Å².